The fourth-order valence-corrected chi connectivity index (χ4v) is 2.53. The molecule has 0 aliphatic heterocycles. The molecule has 1 aliphatic rings. The second kappa shape index (κ2) is 4.57. The summed E-state index contributed by atoms with van der Waals surface area (Å²) >= 11 is 0. The highest BCUT2D eigenvalue weighted by atomic mass is 16.5. The van der Waals surface area contributed by atoms with Crippen LogP contribution in [-0.2, 0) is 4.79 Å². The lowest BCUT2D eigenvalue weighted by molar-refractivity contribution is -0.119. The number of pyridine rings is 1. The van der Waals surface area contributed by atoms with Crippen molar-refractivity contribution in [1.82, 2.24) is 15.1 Å². The highest BCUT2D eigenvalue weighted by Crippen LogP contribution is 2.31. The van der Waals surface area contributed by atoms with E-state index in [-0.39, 0.29) is 11.7 Å². The lowest BCUT2D eigenvalue weighted by Crippen LogP contribution is -2.04. The van der Waals surface area contributed by atoms with Gasteiger partial charge in [-0.05, 0) is 38.8 Å². The monoisotopic (exact) mass is 257 g/mol. The van der Waals surface area contributed by atoms with Crippen molar-refractivity contribution < 1.29 is 9.32 Å². The molecule has 2 aromatic heterocycles. The molecule has 2 aromatic rings. The van der Waals surface area contributed by atoms with E-state index in [0.29, 0.717) is 18.1 Å². The van der Waals surface area contributed by atoms with Crippen LogP contribution in [0.4, 0.5) is 0 Å². The quantitative estimate of drug-likeness (QED) is 0.827. The Hall–Kier alpha value is -2.04. The standard InChI is InChI=1S/C14H15N3O2/c1-8-6-10(7-9(2)15-8)13-16-14(19-17-13)11-4-3-5-12(11)18/h6-7,11H,3-5H2,1-2H3. The summed E-state index contributed by atoms with van der Waals surface area (Å²) in [4.78, 5) is 20.4. The highest BCUT2D eigenvalue weighted by Gasteiger charge is 2.31. The van der Waals surface area contributed by atoms with E-state index in [0.717, 1.165) is 29.8 Å². The summed E-state index contributed by atoms with van der Waals surface area (Å²) in [5, 5.41) is 3.98. The third-order valence-electron chi connectivity index (χ3n) is 3.38. The van der Waals surface area contributed by atoms with E-state index < -0.39 is 0 Å². The summed E-state index contributed by atoms with van der Waals surface area (Å²) < 4.78 is 5.25. The summed E-state index contributed by atoms with van der Waals surface area (Å²) in [7, 11) is 0. The molecule has 19 heavy (non-hydrogen) atoms. The van der Waals surface area contributed by atoms with Crippen LogP contribution in [-0.4, -0.2) is 20.9 Å². The Morgan fingerprint density at radius 3 is 2.58 bits per heavy atom. The third kappa shape index (κ3) is 2.28. The van der Waals surface area contributed by atoms with Crippen LogP contribution in [0.1, 0.15) is 42.5 Å². The molecule has 0 N–H and O–H groups in total. The van der Waals surface area contributed by atoms with Crippen molar-refractivity contribution in [2.45, 2.75) is 39.0 Å². The van der Waals surface area contributed by atoms with Crippen LogP contribution in [0, 0.1) is 13.8 Å². The first-order valence-corrected chi connectivity index (χ1v) is 6.45. The number of Topliss-reactive ketones (excluding diaryl/α,β-unsaturated/α-hetero) is 1. The summed E-state index contributed by atoms with van der Waals surface area (Å²) in [6.07, 6.45) is 2.35. The molecule has 1 aliphatic carbocycles. The molecule has 1 atom stereocenters. The number of hydrogen-bond acceptors (Lipinski definition) is 5. The first-order chi connectivity index (χ1) is 9.13. The predicted molar refractivity (Wildman–Crippen MR) is 68.6 cm³/mol. The number of rotatable bonds is 2. The summed E-state index contributed by atoms with van der Waals surface area (Å²) in [6, 6.07) is 3.83. The lowest BCUT2D eigenvalue weighted by atomic mass is 10.1. The van der Waals surface area contributed by atoms with Crippen LogP contribution in [0.25, 0.3) is 11.4 Å². The van der Waals surface area contributed by atoms with Crippen LogP contribution >= 0.6 is 0 Å². The van der Waals surface area contributed by atoms with E-state index in [1.165, 1.54) is 0 Å². The van der Waals surface area contributed by atoms with Crippen molar-refractivity contribution in [3.63, 3.8) is 0 Å². The molecule has 0 bridgehead atoms. The number of carbonyl (C=O) groups is 1. The largest absolute Gasteiger partial charge is 0.338 e. The molecule has 0 saturated heterocycles. The predicted octanol–water partition coefficient (Wildman–Crippen LogP) is 2.59. The van der Waals surface area contributed by atoms with Gasteiger partial charge in [-0.25, -0.2) is 0 Å². The second-order valence-corrected chi connectivity index (χ2v) is 5.01. The fourth-order valence-electron chi connectivity index (χ4n) is 2.53. The van der Waals surface area contributed by atoms with Gasteiger partial charge in [-0.3, -0.25) is 9.78 Å². The molecule has 98 valence electrons. The molecule has 0 aromatic carbocycles. The normalized spacial score (nSPS) is 19.1. The lowest BCUT2D eigenvalue weighted by Gasteiger charge is -2.00. The molecule has 5 heteroatoms. The zero-order valence-electron chi connectivity index (χ0n) is 11.0. The molecule has 1 fully saturated rings. The van der Waals surface area contributed by atoms with Gasteiger partial charge in [0, 0.05) is 23.4 Å². The molecular formula is C14H15N3O2. The molecule has 5 nitrogen and oxygen atoms in total. The maximum Gasteiger partial charge on any atom is 0.237 e. The number of hydrogen-bond donors (Lipinski definition) is 0. The topological polar surface area (TPSA) is 68.9 Å². The maximum atomic E-state index is 11.7. The molecule has 0 spiro atoms. The molecule has 0 amide bonds. The zero-order valence-corrected chi connectivity index (χ0v) is 11.0. The molecule has 2 heterocycles. The van der Waals surface area contributed by atoms with Gasteiger partial charge < -0.3 is 4.52 Å². The van der Waals surface area contributed by atoms with Gasteiger partial charge in [0.05, 0.1) is 5.92 Å². The Balaban J connectivity index is 1.94. The first kappa shape index (κ1) is 12.0. The average molecular weight is 257 g/mol. The van der Waals surface area contributed by atoms with Gasteiger partial charge >= 0.3 is 0 Å². The molecule has 0 radical (unpaired) electrons. The van der Waals surface area contributed by atoms with E-state index in [2.05, 4.69) is 15.1 Å². The van der Waals surface area contributed by atoms with Crippen LogP contribution < -0.4 is 0 Å². The van der Waals surface area contributed by atoms with Crippen LogP contribution in [0.3, 0.4) is 0 Å². The third-order valence-corrected chi connectivity index (χ3v) is 3.38. The van der Waals surface area contributed by atoms with E-state index >= 15 is 0 Å². The van der Waals surface area contributed by atoms with Crippen LogP contribution in [0.2, 0.25) is 0 Å². The fraction of sp³-hybridized carbons (Fsp3) is 0.429. The average Bonchev–Trinajstić information content (AvgIpc) is 2.95. The van der Waals surface area contributed by atoms with Crippen molar-refractivity contribution in [1.29, 1.82) is 0 Å². The number of ketones is 1. The SMILES string of the molecule is Cc1cc(-c2noc(C3CCCC3=O)n2)cc(C)n1. The van der Waals surface area contributed by atoms with Gasteiger partial charge in [0.2, 0.25) is 11.7 Å². The Labute approximate surface area is 111 Å². The number of carbonyl (C=O) groups excluding carboxylic acids is 1. The maximum absolute atomic E-state index is 11.7. The van der Waals surface area contributed by atoms with Gasteiger partial charge in [0.15, 0.2) is 0 Å². The minimum atomic E-state index is -0.203. The van der Waals surface area contributed by atoms with E-state index in [4.69, 9.17) is 4.52 Å². The molecular weight excluding hydrogens is 242 g/mol. The number of aromatic nitrogens is 3. The Kier molecular flexibility index (Phi) is 2.89. The van der Waals surface area contributed by atoms with Gasteiger partial charge in [-0.2, -0.15) is 4.98 Å². The van der Waals surface area contributed by atoms with E-state index in [1.54, 1.807) is 0 Å². The van der Waals surface area contributed by atoms with Crippen molar-refractivity contribution in [2.75, 3.05) is 0 Å². The molecule has 1 unspecified atom stereocenters. The summed E-state index contributed by atoms with van der Waals surface area (Å²) in [5.74, 6) is 0.982. The summed E-state index contributed by atoms with van der Waals surface area (Å²) in [5.41, 5.74) is 2.71. The zero-order chi connectivity index (χ0) is 13.4. The Morgan fingerprint density at radius 1 is 1.21 bits per heavy atom. The van der Waals surface area contributed by atoms with E-state index in [1.807, 2.05) is 26.0 Å². The van der Waals surface area contributed by atoms with E-state index in [9.17, 15) is 4.79 Å². The number of aryl methyl sites for hydroxylation is 2. The second-order valence-electron chi connectivity index (χ2n) is 5.01. The Morgan fingerprint density at radius 2 is 1.95 bits per heavy atom. The summed E-state index contributed by atoms with van der Waals surface area (Å²) in [6.45, 7) is 3.86. The van der Waals surface area contributed by atoms with Gasteiger partial charge in [-0.15, -0.1) is 0 Å². The van der Waals surface area contributed by atoms with Crippen molar-refractivity contribution in [3.05, 3.63) is 29.4 Å². The van der Waals surface area contributed by atoms with Crippen LogP contribution in [0.5, 0.6) is 0 Å². The molecule has 1 saturated carbocycles. The minimum absolute atomic E-state index is 0.203. The van der Waals surface area contributed by atoms with Crippen LogP contribution in [0.15, 0.2) is 16.7 Å². The van der Waals surface area contributed by atoms with Gasteiger partial charge in [0.1, 0.15) is 5.78 Å². The Bertz CT molecular complexity index is 613. The minimum Gasteiger partial charge on any atom is -0.338 e. The van der Waals surface area contributed by atoms with Gasteiger partial charge in [-0.1, -0.05) is 5.16 Å². The van der Waals surface area contributed by atoms with Crippen molar-refractivity contribution in [3.8, 4) is 11.4 Å². The van der Waals surface area contributed by atoms with Crippen molar-refractivity contribution >= 4 is 5.78 Å². The van der Waals surface area contributed by atoms with Crippen molar-refractivity contribution in [2.24, 2.45) is 0 Å². The highest BCUT2D eigenvalue weighted by molar-refractivity contribution is 5.86. The molecule has 3 rings (SSSR count). The number of nitrogens with zero attached hydrogens (tertiary/aromatic N) is 3. The smallest absolute Gasteiger partial charge is 0.237 e. The first-order valence-electron chi connectivity index (χ1n) is 6.45. The van der Waals surface area contributed by atoms with Gasteiger partial charge in [0.25, 0.3) is 0 Å².